The maximum Gasteiger partial charge on any atom is 0.244 e. The molecule has 156 valence electrons. The van der Waals surface area contributed by atoms with Crippen LogP contribution in [-0.4, -0.2) is 9.13 Å². The van der Waals surface area contributed by atoms with E-state index in [1.165, 1.54) is 27.8 Å². The molecule has 0 saturated heterocycles. The van der Waals surface area contributed by atoms with Gasteiger partial charge in [0.2, 0.25) is 12.7 Å². The lowest BCUT2D eigenvalue weighted by Crippen LogP contribution is -2.36. The molecule has 4 heteroatoms. The van der Waals surface area contributed by atoms with Crippen LogP contribution in [0.4, 0.5) is 0 Å². The van der Waals surface area contributed by atoms with E-state index in [1.807, 2.05) is 0 Å². The Bertz CT molecular complexity index is 928. The smallest absolute Gasteiger partial charge is 0.233 e. The molecule has 0 radical (unpaired) electrons. The number of rotatable bonds is 4. The molecule has 4 nitrogen and oxygen atoms in total. The molecule has 0 N–H and O–H groups in total. The first kappa shape index (κ1) is 21.4. The van der Waals surface area contributed by atoms with Crippen molar-refractivity contribution in [3.05, 3.63) is 71.3 Å². The predicted octanol–water partition coefficient (Wildman–Crippen LogP) is 4.40. The molecule has 0 fully saturated rings. The maximum atomic E-state index is 2.35. The van der Waals surface area contributed by atoms with Crippen molar-refractivity contribution in [2.45, 2.75) is 86.5 Å². The van der Waals surface area contributed by atoms with E-state index in [2.05, 4.69) is 124 Å². The molecule has 0 unspecified atom stereocenters. The van der Waals surface area contributed by atoms with Crippen molar-refractivity contribution in [2.24, 2.45) is 0 Å². The SMILES string of the molecule is Cc1cc(C)c(C[n+]2ccn(C(C)(C)C)c2)c(C)c1C[n+]1ccn(C(C)(C)C)c1. The van der Waals surface area contributed by atoms with E-state index in [0.717, 1.165) is 13.1 Å². The summed E-state index contributed by atoms with van der Waals surface area (Å²) >= 11 is 0. The van der Waals surface area contributed by atoms with Gasteiger partial charge in [-0.3, -0.25) is 0 Å². The molecule has 0 aliphatic carbocycles. The van der Waals surface area contributed by atoms with E-state index in [4.69, 9.17) is 0 Å². The van der Waals surface area contributed by atoms with Crippen molar-refractivity contribution in [3.63, 3.8) is 0 Å². The van der Waals surface area contributed by atoms with Gasteiger partial charge in [0.25, 0.3) is 0 Å². The average molecular weight is 395 g/mol. The summed E-state index contributed by atoms with van der Waals surface area (Å²) in [5.41, 5.74) is 7.22. The molecule has 0 aliphatic heterocycles. The number of nitrogens with zero attached hydrogens (tertiary/aromatic N) is 4. The third-order valence-corrected chi connectivity index (χ3v) is 5.90. The van der Waals surface area contributed by atoms with Crippen LogP contribution < -0.4 is 9.13 Å². The maximum absolute atomic E-state index is 2.35. The molecule has 0 bridgehead atoms. The highest BCUT2D eigenvalue weighted by atomic mass is 15.2. The van der Waals surface area contributed by atoms with E-state index < -0.39 is 0 Å². The van der Waals surface area contributed by atoms with Crippen LogP contribution in [0.1, 0.15) is 69.4 Å². The summed E-state index contributed by atoms with van der Waals surface area (Å²) in [6.07, 6.45) is 13.1. The minimum atomic E-state index is 0.102. The second-order valence-electron chi connectivity index (χ2n) is 10.4. The molecule has 2 heterocycles. The molecule has 0 spiro atoms. The molecule has 0 aliphatic rings. The van der Waals surface area contributed by atoms with Gasteiger partial charge < -0.3 is 0 Å². The largest absolute Gasteiger partial charge is 0.244 e. The third-order valence-electron chi connectivity index (χ3n) is 5.90. The summed E-state index contributed by atoms with van der Waals surface area (Å²) < 4.78 is 9.14. The zero-order valence-electron chi connectivity index (χ0n) is 19.7. The van der Waals surface area contributed by atoms with Crippen LogP contribution in [0, 0.1) is 20.8 Å². The van der Waals surface area contributed by atoms with Gasteiger partial charge in [0.1, 0.15) is 49.0 Å². The first-order chi connectivity index (χ1) is 13.4. The van der Waals surface area contributed by atoms with E-state index >= 15 is 0 Å². The summed E-state index contributed by atoms with van der Waals surface area (Å²) in [6.45, 7) is 22.0. The van der Waals surface area contributed by atoms with Gasteiger partial charge in [-0.05, 0) is 90.1 Å². The minimum Gasteiger partial charge on any atom is -0.233 e. The standard InChI is InChI=1S/C25H38N4/c1-19-14-20(2)23(16-27-11-13-29(18-27)25(7,8)9)21(3)22(19)15-26-10-12-28(17-26)24(4,5)6/h10-14,17-18H,15-16H2,1-9H3/q+2. The van der Waals surface area contributed by atoms with Gasteiger partial charge in [0, 0.05) is 0 Å². The molecule has 1 aromatic carbocycles. The molecule has 0 amide bonds. The number of imidazole rings is 2. The van der Waals surface area contributed by atoms with Gasteiger partial charge in [-0.1, -0.05) is 6.07 Å². The highest BCUT2D eigenvalue weighted by Gasteiger charge is 2.22. The van der Waals surface area contributed by atoms with E-state index in [-0.39, 0.29) is 11.1 Å². The van der Waals surface area contributed by atoms with Crippen molar-refractivity contribution >= 4 is 0 Å². The summed E-state index contributed by atoms with van der Waals surface area (Å²) in [7, 11) is 0. The van der Waals surface area contributed by atoms with E-state index in [9.17, 15) is 0 Å². The molecule has 3 aromatic rings. The summed E-state index contributed by atoms with van der Waals surface area (Å²) in [5, 5.41) is 0. The average Bonchev–Trinajstić information content (AvgIpc) is 3.24. The van der Waals surface area contributed by atoms with Crippen molar-refractivity contribution in [3.8, 4) is 0 Å². The van der Waals surface area contributed by atoms with Crippen LogP contribution in [0.15, 0.2) is 43.5 Å². The van der Waals surface area contributed by atoms with Gasteiger partial charge in [-0.2, -0.15) is 0 Å². The Balaban J connectivity index is 1.92. The molecule has 3 rings (SSSR count). The fourth-order valence-electron chi connectivity index (χ4n) is 3.89. The molecular formula is C25H38N4+2. The molecule has 2 aromatic heterocycles. The van der Waals surface area contributed by atoms with Crippen LogP contribution in [0.3, 0.4) is 0 Å². The predicted molar refractivity (Wildman–Crippen MR) is 118 cm³/mol. The number of benzene rings is 1. The third kappa shape index (κ3) is 4.63. The quantitative estimate of drug-likeness (QED) is 0.584. The Morgan fingerprint density at radius 2 is 1.07 bits per heavy atom. The second-order valence-corrected chi connectivity index (χ2v) is 10.4. The first-order valence-corrected chi connectivity index (χ1v) is 10.6. The second kappa shape index (κ2) is 7.47. The highest BCUT2D eigenvalue weighted by Crippen LogP contribution is 2.23. The normalized spacial score (nSPS) is 12.6. The number of hydrogen-bond acceptors (Lipinski definition) is 0. The van der Waals surface area contributed by atoms with Crippen LogP contribution in [-0.2, 0) is 24.2 Å². The lowest BCUT2D eigenvalue weighted by molar-refractivity contribution is -0.689. The zero-order chi connectivity index (χ0) is 21.6. The van der Waals surface area contributed by atoms with Gasteiger partial charge in [-0.25, -0.2) is 18.3 Å². The van der Waals surface area contributed by atoms with Gasteiger partial charge in [0.15, 0.2) is 0 Å². The Kier molecular flexibility index (Phi) is 5.50. The Morgan fingerprint density at radius 1 is 0.690 bits per heavy atom. The highest BCUT2D eigenvalue weighted by molar-refractivity contribution is 5.44. The Hall–Kier alpha value is -2.36. The Labute approximate surface area is 176 Å². The van der Waals surface area contributed by atoms with Gasteiger partial charge in [0.05, 0.1) is 0 Å². The van der Waals surface area contributed by atoms with Gasteiger partial charge in [-0.15, -0.1) is 0 Å². The fraction of sp³-hybridized carbons (Fsp3) is 0.520. The van der Waals surface area contributed by atoms with E-state index in [1.54, 1.807) is 0 Å². The molecular weight excluding hydrogens is 356 g/mol. The summed E-state index contributed by atoms with van der Waals surface area (Å²) in [6, 6.07) is 2.35. The van der Waals surface area contributed by atoms with E-state index in [0.29, 0.717) is 0 Å². The van der Waals surface area contributed by atoms with Crippen LogP contribution in [0.5, 0.6) is 0 Å². The van der Waals surface area contributed by atoms with Crippen molar-refractivity contribution < 1.29 is 9.13 Å². The monoisotopic (exact) mass is 394 g/mol. The lowest BCUT2D eigenvalue weighted by atomic mass is 9.93. The summed E-state index contributed by atoms with van der Waals surface area (Å²) in [4.78, 5) is 0. The topological polar surface area (TPSA) is 17.6 Å². The van der Waals surface area contributed by atoms with Crippen molar-refractivity contribution in [2.75, 3.05) is 0 Å². The number of hydrogen-bond donors (Lipinski definition) is 0. The van der Waals surface area contributed by atoms with Crippen LogP contribution >= 0.6 is 0 Å². The fourth-order valence-corrected chi connectivity index (χ4v) is 3.89. The van der Waals surface area contributed by atoms with Gasteiger partial charge >= 0.3 is 0 Å². The van der Waals surface area contributed by atoms with Crippen molar-refractivity contribution in [1.82, 2.24) is 9.13 Å². The molecule has 0 saturated carbocycles. The van der Waals surface area contributed by atoms with Crippen LogP contribution in [0.2, 0.25) is 0 Å². The number of aromatic nitrogens is 4. The minimum absolute atomic E-state index is 0.102. The number of aryl methyl sites for hydroxylation is 2. The zero-order valence-corrected chi connectivity index (χ0v) is 19.7. The molecule has 0 atom stereocenters. The lowest BCUT2D eigenvalue weighted by Gasteiger charge is -2.16. The summed E-state index contributed by atoms with van der Waals surface area (Å²) in [5.74, 6) is 0. The Morgan fingerprint density at radius 3 is 1.38 bits per heavy atom. The van der Waals surface area contributed by atoms with Crippen LogP contribution in [0.25, 0.3) is 0 Å². The first-order valence-electron chi connectivity index (χ1n) is 10.6. The van der Waals surface area contributed by atoms with Crippen molar-refractivity contribution in [1.29, 1.82) is 0 Å². The molecule has 29 heavy (non-hydrogen) atoms.